The minimum Gasteiger partial charge on any atom is -0.323 e. The highest BCUT2D eigenvalue weighted by Crippen LogP contribution is 2.19. The van der Waals surface area contributed by atoms with Gasteiger partial charge in [-0.1, -0.05) is 22.0 Å². The molecule has 1 heterocycles. The number of imidazole rings is 1. The van der Waals surface area contributed by atoms with E-state index in [1.165, 1.54) is 0 Å². The maximum Gasteiger partial charge on any atom is 0.0994 e. The van der Waals surface area contributed by atoms with Gasteiger partial charge in [-0.25, -0.2) is 4.98 Å². The third kappa shape index (κ3) is 2.11. The Morgan fingerprint density at radius 3 is 2.93 bits per heavy atom. The predicted octanol–water partition coefficient (Wildman–Crippen LogP) is 2.65. The lowest BCUT2D eigenvalue weighted by Gasteiger charge is -2.10. The van der Waals surface area contributed by atoms with E-state index in [0.29, 0.717) is 0 Å². The van der Waals surface area contributed by atoms with Crippen LogP contribution in [-0.2, 0) is 0 Å². The lowest BCUT2D eigenvalue weighted by molar-refractivity contribution is 0.752. The second-order valence-electron chi connectivity index (χ2n) is 3.46. The van der Waals surface area contributed by atoms with E-state index in [-0.39, 0.29) is 6.04 Å². The monoisotopic (exact) mass is 265 g/mol. The summed E-state index contributed by atoms with van der Waals surface area (Å²) in [6.07, 6.45) is 3.58. The minimum absolute atomic E-state index is 0.0218. The number of hydrogen-bond donors (Lipinski definition) is 1. The molecule has 1 aromatic carbocycles. The van der Waals surface area contributed by atoms with Crippen molar-refractivity contribution in [3.8, 4) is 5.69 Å². The molecule has 3 nitrogen and oxygen atoms in total. The molecule has 2 aromatic rings. The molecular weight excluding hydrogens is 254 g/mol. The average molecular weight is 266 g/mol. The molecule has 1 atom stereocenters. The van der Waals surface area contributed by atoms with E-state index in [4.69, 9.17) is 5.73 Å². The normalized spacial score (nSPS) is 12.7. The molecule has 1 aromatic heterocycles. The molecular formula is C11H12BrN3. The molecule has 0 saturated carbocycles. The first-order valence-electron chi connectivity index (χ1n) is 4.72. The Labute approximate surface area is 97.1 Å². The van der Waals surface area contributed by atoms with Crippen molar-refractivity contribution in [1.29, 1.82) is 0 Å². The summed E-state index contributed by atoms with van der Waals surface area (Å²) in [6.45, 7) is 1.95. The average Bonchev–Trinajstić information content (AvgIpc) is 2.65. The number of nitrogens with two attached hydrogens (primary N) is 1. The van der Waals surface area contributed by atoms with Crippen LogP contribution in [-0.4, -0.2) is 9.55 Å². The topological polar surface area (TPSA) is 43.8 Å². The number of benzene rings is 1. The molecule has 0 saturated heterocycles. The maximum absolute atomic E-state index is 5.86. The summed E-state index contributed by atoms with van der Waals surface area (Å²) in [5, 5.41) is 0. The Morgan fingerprint density at radius 2 is 2.27 bits per heavy atom. The molecule has 0 aliphatic rings. The van der Waals surface area contributed by atoms with Crippen LogP contribution in [0.15, 0.2) is 41.3 Å². The predicted molar refractivity (Wildman–Crippen MR) is 63.9 cm³/mol. The van der Waals surface area contributed by atoms with Crippen molar-refractivity contribution in [1.82, 2.24) is 9.55 Å². The fraction of sp³-hybridized carbons (Fsp3) is 0.182. The lowest BCUT2D eigenvalue weighted by Crippen LogP contribution is -2.10. The molecule has 0 aliphatic carbocycles. The van der Waals surface area contributed by atoms with E-state index in [1.54, 1.807) is 12.5 Å². The van der Waals surface area contributed by atoms with Gasteiger partial charge in [0.2, 0.25) is 0 Å². The molecule has 0 aliphatic heterocycles. The first kappa shape index (κ1) is 10.4. The molecule has 15 heavy (non-hydrogen) atoms. The van der Waals surface area contributed by atoms with Crippen LogP contribution in [0.4, 0.5) is 0 Å². The molecule has 4 heteroatoms. The van der Waals surface area contributed by atoms with Gasteiger partial charge < -0.3 is 10.3 Å². The van der Waals surface area contributed by atoms with Crippen LogP contribution in [0.1, 0.15) is 18.7 Å². The van der Waals surface area contributed by atoms with Gasteiger partial charge in [0.15, 0.2) is 0 Å². The third-order valence-corrected chi connectivity index (χ3v) is 2.71. The number of halogens is 1. The SMILES string of the molecule is CC(N)c1cncn1-c1cccc(Br)c1. The van der Waals surface area contributed by atoms with Gasteiger partial charge in [0.05, 0.1) is 18.2 Å². The van der Waals surface area contributed by atoms with E-state index in [2.05, 4.69) is 20.9 Å². The molecule has 0 bridgehead atoms. The summed E-state index contributed by atoms with van der Waals surface area (Å²) in [7, 11) is 0. The van der Waals surface area contributed by atoms with E-state index in [9.17, 15) is 0 Å². The van der Waals surface area contributed by atoms with Crippen LogP contribution in [0.25, 0.3) is 5.69 Å². The zero-order valence-corrected chi connectivity index (χ0v) is 9.98. The van der Waals surface area contributed by atoms with E-state index in [0.717, 1.165) is 15.9 Å². The number of nitrogens with zero attached hydrogens (tertiary/aromatic N) is 2. The van der Waals surface area contributed by atoms with Crippen LogP contribution in [0.2, 0.25) is 0 Å². The Hall–Kier alpha value is -1.13. The number of rotatable bonds is 2. The molecule has 2 rings (SSSR count). The van der Waals surface area contributed by atoms with Crippen molar-refractivity contribution in [2.24, 2.45) is 5.73 Å². The minimum atomic E-state index is -0.0218. The molecule has 0 fully saturated rings. The van der Waals surface area contributed by atoms with Gasteiger partial charge in [0.25, 0.3) is 0 Å². The number of hydrogen-bond acceptors (Lipinski definition) is 2. The lowest BCUT2D eigenvalue weighted by atomic mass is 10.2. The second-order valence-corrected chi connectivity index (χ2v) is 4.37. The smallest absolute Gasteiger partial charge is 0.0994 e. The van der Waals surface area contributed by atoms with Crippen molar-refractivity contribution in [3.05, 3.63) is 47.0 Å². The van der Waals surface area contributed by atoms with Crippen molar-refractivity contribution in [2.45, 2.75) is 13.0 Å². The van der Waals surface area contributed by atoms with Gasteiger partial charge in [-0.05, 0) is 25.1 Å². The van der Waals surface area contributed by atoms with Crippen LogP contribution in [0.3, 0.4) is 0 Å². The summed E-state index contributed by atoms with van der Waals surface area (Å²) in [5.41, 5.74) is 7.93. The van der Waals surface area contributed by atoms with Gasteiger partial charge in [0, 0.05) is 16.2 Å². The zero-order chi connectivity index (χ0) is 10.8. The third-order valence-electron chi connectivity index (χ3n) is 2.22. The van der Waals surface area contributed by atoms with Crippen LogP contribution in [0.5, 0.6) is 0 Å². The number of aromatic nitrogens is 2. The first-order chi connectivity index (χ1) is 7.18. The Balaban J connectivity index is 2.49. The Kier molecular flexibility index (Phi) is 2.88. The summed E-state index contributed by atoms with van der Waals surface area (Å²) >= 11 is 3.44. The standard InChI is InChI=1S/C11H12BrN3/c1-8(13)11-6-14-7-15(11)10-4-2-3-9(12)5-10/h2-8H,13H2,1H3. The molecule has 0 radical (unpaired) electrons. The maximum atomic E-state index is 5.86. The van der Waals surface area contributed by atoms with Crippen molar-refractivity contribution >= 4 is 15.9 Å². The van der Waals surface area contributed by atoms with Crippen LogP contribution in [0, 0.1) is 0 Å². The molecule has 78 valence electrons. The fourth-order valence-corrected chi connectivity index (χ4v) is 1.87. The molecule has 2 N–H and O–H groups in total. The largest absolute Gasteiger partial charge is 0.323 e. The van der Waals surface area contributed by atoms with Crippen molar-refractivity contribution < 1.29 is 0 Å². The molecule has 0 spiro atoms. The fourth-order valence-electron chi connectivity index (χ4n) is 1.48. The van der Waals surface area contributed by atoms with E-state index in [1.807, 2.05) is 35.8 Å². The summed E-state index contributed by atoms with van der Waals surface area (Å²) in [5.74, 6) is 0. The zero-order valence-electron chi connectivity index (χ0n) is 8.39. The first-order valence-corrected chi connectivity index (χ1v) is 5.51. The quantitative estimate of drug-likeness (QED) is 0.908. The Bertz CT molecular complexity index is 462. The summed E-state index contributed by atoms with van der Waals surface area (Å²) in [4.78, 5) is 4.12. The van der Waals surface area contributed by atoms with Gasteiger partial charge in [-0.2, -0.15) is 0 Å². The highest BCUT2D eigenvalue weighted by molar-refractivity contribution is 9.10. The van der Waals surface area contributed by atoms with Crippen LogP contribution >= 0.6 is 15.9 Å². The molecule has 1 unspecified atom stereocenters. The summed E-state index contributed by atoms with van der Waals surface area (Å²) in [6, 6.07) is 8.02. The van der Waals surface area contributed by atoms with Crippen molar-refractivity contribution in [2.75, 3.05) is 0 Å². The summed E-state index contributed by atoms with van der Waals surface area (Å²) < 4.78 is 3.04. The van der Waals surface area contributed by atoms with Crippen molar-refractivity contribution in [3.63, 3.8) is 0 Å². The van der Waals surface area contributed by atoms with Gasteiger partial charge >= 0.3 is 0 Å². The highest BCUT2D eigenvalue weighted by atomic mass is 79.9. The van der Waals surface area contributed by atoms with E-state index < -0.39 is 0 Å². The second kappa shape index (κ2) is 4.16. The van der Waals surface area contributed by atoms with E-state index >= 15 is 0 Å². The molecule has 0 amide bonds. The van der Waals surface area contributed by atoms with Gasteiger partial charge in [0.1, 0.15) is 0 Å². The van der Waals surface area contributed by atoms with Gasteiger partial charge in [-0.3, -0.25) is 0 Å². The van der Waals surface area contributed by atoms with Crippen LogP contribution < -0.4 is 5.73 Å². The highest BCUT2D eigenvalue weighted by Gasteiger charge is 2.07. The van der Waals surface area contributed by atoms with Gasteiger partial charge in [-0.15, -0.1) is 0 Å². The Morgan fingerprint density at radius 1 is 1.47 bits per heavy atom.